The standard InChI is InChI=1S/C13H28N2O/c1-4-7-14-13(3,11-16)10-15-8-5-12(2)6-9-15/h12,14,16H,4-11H2,1-3H3. The SMILES string of the molecule is CCCNC(C)(CO)CN1CCC(C)CC1. The Morgan fingerprint density at radius 1 is 1.38 bits per heavy atom. The molecule has 0 aromatic carbocycles. The second kappa shape index (κ2) is 6.58. The molecule has 1 saturated heterocycles. The summed E-state index contributed by atoms with van der Waals surface area (Å²) in [5.74, 6) is 0.875. The number of rotatable bonds is 6. The molecule has 0 saturated carbocycles. The van der Waals surface area contributed by atoms with Crippen molar-refractivity contribution in [3.63, 3.8) is 0 Å². The van der Waals surface area contributed by atoms with Gasteiger partial charge < -0.3 is 15.3 Å². The van der Waals surface area contributed by atoms with Crippen LogP contribution >= 0.6 is 0 Å². The lowest BCUT2D eigenvalue weighted by Crippen LogP contribution is -2.55. The average molecular weight is 228 g/mol. The summed E-state index contributed by atoms with van der Waals surface area (Å²) in [5.41, 5.74) is -0.128. The van der Waals surface area contributed by atoms with Crippen LogP contribution in [0.5, 0.6) is 0 Å². The Morgan fingerprint density at radius 2 is 2.00 bits per heavy atom. The topological polar surface area (TPSA) is 35.5 Å². The summed E-state index contributed by atoms with van der Waals surface area (Å²) < 4.78 is 0. The molecule has 0 aromatic rings. The number of aliphatic hydroxyl groups excluding tert-OH is 1. The zero-order chi connectivity index (χ0) is 12.0. The Morgan fingerprint density at radius 3 is 2.50 bits per heavy atom. The Balaban J connectivity index is 2.36. The molecule has 0 radical (unpaired) electrons. The van der Waals surface area contributed by atoms with Crippen molar-refractivity contribution in [3.8, 4) is 0 Å². The lowest BCUT2D eigenvalue weighted by atomic mass is 9.96. The molecular weight excluding hydrogens is 200 g/mol. The minimum absolute atomic E-state index is 0.128. The fourth-order valence-corrected chi connectivity index (χ4v) is 2.30. The van der Waals surface area contributed by atoms with Crippen molar-refractivity contribution < 1.29 is 5.11 Å². The Bertz CT molecular complexity index is 190. The molecule has 1 atom stereocenters. The van der Waals surface area contributed by atoms with Gasteiger partial charge in [0.05, 0.1) is 12.1 Å². The van der Waals surface area contributed by atoms with Crippen LogP contribution in [-0.4, -0.2) is 48.3 Å². The second-order valence-electron chi connectivity index (χ2n) is 5.60. The van der Waals surface area contributed by atoms with Gasteiger partial charge in [0.25, 0.3) is 0 Å². The summed E-state index contributed by atoms with van der Waals surface area (Å²) in [4.78, 5) is 2.48. The van der Waals surface area contributed by atoms with E-state index in [1.807, 2.05) is 0 Å². The van der Waals surface area contributed by atoms with E-state index in [-0.39, 0.29) is 12.1 Å². The van der Waals surface area contributed by atoms with E-state index in [0.29, 0.717) is 0 Å². The van der Waals surface area contributed by atoms with Crippen LogP contribution in [0.1, 0.15) is 40.0 Å². The predicted molar refractivity (Wildman–Crippen MR) is 68.6 cm³/mol. The summed E-state index contributed by atoms with van der Waals surface area (Å²) in [7, 11) is 0. The van der Waals surface area contributed by atoms with Gasteiger partial charge in [-0.25, -0.2) is 0 Å². The Kier molecular flexibility index (Phi) is 5.73. The minimum atomic E-state index is -0.128. The van der Waals surface area contributed by atoms with E-state index in [2.05, 4.69) is 31.0 Å². The van der Waals surface area contributed by atoms with Crippen LogP contribution in [0.25, 0.3) is 0 Å². The van der Waals surface area contributed by atoms with Crippen molar-refractivity contribution in [2.75, 3.05) is 32.8 Å². The van der Waals surface area contributed by atoms with Crippen LogP contribution in [-0.2, 0) is 0 Å². The minimum Gasteiger partial charge on any atom is -0.394 e. The van der Waals surface area contributed by atoms with Crippen LogP contribution < -0.4 is 5.32 Å². The molecule has 3 nitrogen and oxygen atoms in total. The maximum absolute atomic E-state index is 9.51. The molecule has 1 heterocycles. The third-order valence-electron chi connectivity index (χ3n) is 3.60. The maximum Gasteiger partial charge on any atom is 0.0623 e. The van der Waals surface area contributed by atoms with Crippen LogP contribution in [0, 0.1) is 5.92 Å². The molecule has 2 N–H and O–H groups in total. The van der Waals surface area contributed by atoms with Gasteiger partial charge in [-0.3, -0.25) is 0 Å². The maximum atomic E-state index is 9.51. The van der Waals surface area contributed by atoms with E-state index in [1.54, 1.807) is 0 Å². The lowest BCUT2D eigenvalue weighted by molar-refractivity contribution is 0.0988. The molecule has 16 heavy (non-hydrogen) atoms. The van der Waals surface area contributed by atoms with Crippen molar-refractivity contribution in [2.24, 2.45) is 5.92 Å². The zero-order valence-corrected chi connectivity index (χ0v) is 11.1. The van der Waals surface area contributed by atoms with E-state index in [1.165, 1.54) is 25.9 Å². The van der Waals surface area contributed by atoms with Crippen molar-refractivity contribution in [2.45, 2.75) is 45.6 Å². The van der Waals surface area contributed by atoms with Crippen LogP contribution in [0.3, 0.4) is 0 Å². The van der Waals surface area contributed by atoms with Gasteiger partial charge in [0, 0.05) is 6.54 Å². The van der Waals surface area contributed by atoms with Gasteiger partial charge >= 0.3 is 0 Å². The lowest BCUT2D eigenvalue weighted by Gasteiger charge is -2.38. The summed E-state index contributed by atoms with van der Waals surface area (Å²) in [5, 5.41) is 13.0. The smallest absolute Gasteiger partial charge is 0.0623 e. The van der Waals surface area contributed by atoms with Crippen molar-refractivity contribution in [1.82, 2.24) is 10.2 Å². The first kappa shape index (κ1) is 13.9. The van der Waals surface area contributed by atoms with Gasteiger partial charge in [0.2, 0.25) is 0 Å². The third-order valence-corrected chi connectivity index (χ3v) is 3.60. The van der Waals surface area contributed by atoms with Crippen molar-refractivity contribution in [3.05, 3.63) is 0 Å². The van der Waals surface area contributed by atoms with Gasteiger partial charge in [0.1, 0.15) is 0 Å². The molecule has 1 aliphatic heterocycles. The average Bonchev–Trinajstić information content (AvgIpc) is 2.30. The molecule has 1 rings (SSSR count). The van der Waals surface area contributed by atoms with E-state index < -0.39 is 0 Å². The largest absolute Gasteiger partial charge is 0.394 e. The number of nitrogens with zero attached hydrogens (tertiary/aromatic N) is 1. The molecule has 0 aromatic heterocycles. The normalized spacial score (nSPS) is 23.2. The molecule has 3 heteroatoms. The van der Waals surface area contributed by atoms with Gasteiger partial charge in [-0.15, -0.1) is 0 Å². The monoisotopic (exact) mass is 228 g/mol. The molecule has 0 aliphatic carbocycles. The quantitative estimate of drug-likeness (QED) is 0.722. The number of piperidine rings is 1. The molecular formula is C13H28N2O. The second-order valence-corrected chi connectivity index (χ2v) is 5.60. The molecule has 1 unspecified atom stereocenters. The number of hydrogen-bond donors (Lipinski definition) is 2. The third kappa shape index (κ3) is 4.40. The van der Waals surface area contributed by atoms with E-state index in [0.717, 1.165) is 25.4 Å². The Labute approximate surface area is 100 Å². The highest BCUT2D eigenvalue weighted by molar-refractivity contribution is 4.87. The van der Waals surface area contributed by atoms with Crippen molar-refractivity contribution >= 4 is 0 Å². The highest BCUT2D eigenvalue weighted by atomic mass is 16.3. The fourth-order valence-electron chi connectivity index (χ4n) is 2.30. The number of nitrogens with one attached hydrogen (secondary N) is 1. The number of aliphatic hydroxyl groups is 1. The molecule has 0 spiro atoms. The van der Waals surface area contributed by atoms with Crippen LogP contribution in [0.2, 0.25) is 0 Å². The highest BCUT2D eigenvalue weighted by Crippen LogP contribution is 2.18. The van der Waals surface area contributed by atoms with Gasteiger partial charge in [-0.1, -0.05) is 13.8 Å². The summed E-state index contributed by atoms with van der Waals surface area (Å²) in [6.07, 6.45) is 3.72. The van der Waals surface area contributed by atoms with Gasteiger partial charge in [-0.2, -0.15) is 0 Å². The zero-order valence-electron chi connectivity index (χ0n) is 11.1. The van der Waals surface area contributed by atoms with Gasteiger partial charge in [-0.05, 0) is 51.7 Å². The van der Waals surface area contributed by atoms with E-state index >= 15 is 0 Å². The molecule has 0 bridgehead atoms. The summed E-state index contributed by atoms with van der Waals surface area (Å²) >= 11 is 0. The fraction of sp³-hybridized carbons (Fsp3) is 1.00. The summed E-state index contributed by atoms with van der Waals surface area (Å²) in [6.45, 7) is 11.2. The number of likely N-dealkylation sites (tertiary alicyclic amines) is 1. The summed E-state index contributed by atoms with van der Waals surface area (Å²) in [6, 6.07) is 0. The predicted octanol–water partition coefficient (Wildman–Crippen LogP) is 1.47. The first-order valence-electron chi connectivity index (χ1n) is 6.68. The first-order chi connectivity index (χ1) is 7.59. The highest BCUT2D eigenvalue weighted by Gasteiger charge is 2.27. The molecule has 96 valence electrons. The Hall–Kier alpha value is -0.120. The first-order valence-corrected chi connectivity index (χ1v) is 6.68. The molecule has 1 aliphatic rings. The van der Waals surface area contributed by atoms with Crippen molar-refractivity contribution in [1.29, 1.82) is 0 Å². The van der Waals surface area contributed by atoms with E-state index in [4.69, 9.17) is 0 Å². The number of hydrogen-bond acceptors (Lipinski definition) is 3. The molecule has 0 amide bonds. The molecule has 1 fully saturated rings. The van der Waals surface area contributed by atoms with Crippen LogP contribution in [0.15, 0.2) is 0 Å². The van der Waals surface area contributed by atoms with Gasteiger partial charge in [0.15, 0.2) is 0 Å². The van der Waals surface area contributed by atoms with Crippen LogP contribution in [0.4, 0.5) is 0 Å². The van der Waals surface area contributed by atoms with E-state index in [9.17, 15) is 5.11 Å².